The van der Waals surface area contributed by atoms with E-state index in [-0.39, 0.29) is 0 Å². The summed E-state index contributed by atoms with van der Waals surface area (Å²) in [5.74, 6) is -0.430. The van der Waals surface area contributed by atoms with Gasteiger partial charge in [0, 0.05) is 16.8 Å². The number of nitrogens with two attached hydrogens (primary N) is 1. The van der Waals surface area contributed by atoms with Gasteiger partial charge in [0.15, 0.2) is 0 Å². The molecular weight excluding hydrogens is 250 g/mol. The Kier molecular flexibility index (Phi) is 4.44. The number of primary amides is 1. The van der Waals surface area contributed by atoms with Gasteiger partial charge in [0.25, 0.3) is 5.91 Å². The van der Waals surface area contributed by atoms with Crippen molar-refractivity contribution in [2.24, 2.45) is 5.73 Å². The largest absolute Gasteiger partial charge is 0.382 e. The van der Waals surface area contributed by atoms with Gasteiger partial charge in [0.2, 0.25) is 0 Å². The molecule has 0 aliphatic carbocycles. The average molecular weight is 268 g/mol. The van der Waals surface area contributed by atoms with Gasteiger partial charge in [-0.25, -0.2) is 0 Å². The van der Waals surface area contributed by atoms with Crippen LogP contribution in [0.15, 0.2) is 18.2 Å². The smallest absolute Gasteiger partial charge is 0.250 e. The van der Waals surface area contributed by atoms with Crippen LogP contribution >= 0.6 is 11.6 Å². The zero-order chi connectivity index (χ0) is 13.0. The van der Waals surface area contributed by atoms with Gasteiger partial charge in [-0.15, -0.1) is 0 Å². The SMILES string of the molecule is NC(=O)c1ccc(Cl)cc1NC1CCCNCC1. The van der Waals surface area contributed by atoms with Crippen LogP contribution in [0.25, 0.3) is 0 Å². The van der Waals surface area contributed by atoms with Crippen molar-refractivity contribution in [3.05, 3.63) is 28.8 Å². The summed E-state index contributed by atoms with van der Waals surface area (Å²) in [4.78, 5) is 11.4. The first kappa shape index (κ1) is 13.2. The summed E-state index contributed by atoms with van der Waals surface area (Å²) in [6.07, 6.45) is 3.24. The monoisotopic (exact) mass is 267 g/mol. The number of amides is 1. The molecule has 4 N–H and O–H groups in total. The van der Waals surface area contributed by atoms with Crippen molar-refractivity contribution in [2.75, 3.05) is 18.4 Å². The zero-order valence-corrected chi connectivity index (χ0v) is 11.0. The zero-order valence-electron chi connectivity index (χ0n) is 10.2. The van der Waals surface area contributed by atoms with Crippen LogP contribution in [0.1, 0.15) is 29.6 Å². The van der Waals surface area contributed by atoms with Crippen molar-refractivity contribution >= 4 is 23.2 Å². The number of rotatable bonds is 3. The minimum Gasteiger partial charge on any atom is -0.382 e. The van der Waals surface area contributed by atoms with Crippen molar-refractivity contribution in [3.63, 3.8) is 0 Å². The first-order valence-corrected chi connectivity index (χ1v) is 6.61. The molecule has 1 saturated heterocycles. The molecule has 4 nitrogen and oxygen atoms in total. The summed E-state index contributed by atoms with van der Waals surface area (Å²) >= 11 is 5.97. The Hall–Kier alpha value is -1.26. The Morgan fingerprint density at radius 1 is 1.39 bits per heavy atom. The third-order valence-corrected chi connectivity index (χ3v) is 3.42. The van der Waals surface area contributed by atoms with Gasteiger partial charge in [0.1, 0.15) is 0 Å². The summed E-state index contributed by atoms with van der Waals surface area (Å²) in [5, 5.41) is 7.35. The van der Waals surface area contributed by atoms with Gasteiger partial charge >= 0.3 is 0 Å². The van der Waals surface area contributed by atoms with Crippen LogP contribution in [-0.4, -0.2) is 25.0 Å². The van der Waals surface area contributed by atoms with Crippen LogP contribution in [0.3, 0.4) is 0 Å². The number of hydrogen-bond donors (Lipinski definition) is 3. The molecule has 18 heavy (non-hydrogen) atoms. The molecule has 98 valence electrons. The van der Waals surface area contributed by atoms with Crippen molar-refractivity contribution in [3.8, 4) is 0 Å². The van der Waals surface area contributed by atoms with Gasteiger partial charge in [-0.1, -0.05) is 11.6 Å². The maximum atomic E-state index is 11.4. The summed E-state index contributed by atoms with van der Waals surface area (Å²) in [6, 6.07) is 5.47. The molecule has 1 aliphatic heterocycles. The molecule has 0 saturated carbocycles. The maximum absolute atomic E-state index is 11.4. The Morgan fingerprint density at radius 3 is 3.00 bits per heavy atom. The van der Waals surface area contributed by atoms with E-state index in [0.717, 1.165) is 38.0 Å². The average Bonchev–Trinajstić information content (AvgIpc) is 2.57. The van der Waals surface area contributed by atoms with E-state index in [4.69, 9.17) is 17.3 Å². The second-order valence-corrected chi connectivity index (χ2v) is 5.01. The molecule has 1 aliphatic rings. The van der Waals surface area contributed by atoms with E-state index in [9.17, 15) is 4.79 Å². The molecule has 2 rings (SSSR count). The number of hydrogen-bond acceptors (Lipinski definition) is 3. The lowest BCUT2D eigenvalue weighted by Crippen LogP contribution is -2.23. The Balaban J connectivity index is 2.15. The number of halogens is 1. The van der Waals surface area contributed by atoms with E-state index < -0.39 is 5.91 Å². The van der Waals surface area contributed by atoms with Crippen LogP contribution in [0.4, 0.5) is 5.69 Å². The van der Waals surface area contributed by atoms with E-state index in [2.05, 4.69) is 10.6 Å². The lowest BCUT2D eigenvalue weighted by molar-refractivity contribution is 0.100. The van der Waals surface area contributed by atoms with Crippen LogP contribution in [0.2, 0.25) is 5.02 Å². The molecule has 1 aromatic carbocycles. The molecule has 1 amide bonds. The van der Waals surface area contributed by atoms with Crippen LogP contribution in [-0.2, 0) is 0 Å². The van der Waals surface area contributed by atoms with Crippen molar-refractivity contribution in [1.29, 1.82) is 0 Å². The number of carbonyl (C=O) groups is 1. The topological polar surface area (TPSA) is 67.2 Å². The highest BCUT2D eigenvalue weighted by atomic mass is 35.5. The van der Waals surface area contributed by atoms with Gasteiger partial charge in [-0.3, -0.25) is 4.79 Å². The lowest BCUT2D eigenvalue weighted by atomic mass is 10.1. The maximum Gasteiger partial charge on any atom is 0.250 e. The molecule has 1 unspecified atom stereocenters. The summed E-state index contributed by atoms with van der Waals surface area (Å²) in [7, 11) is 0. The molecule has 5 heteroatoms. The highest BCUT2D eigenvalue weighted by molar-refractivity contribution is 6.31. The van der Waals surface area contributed by atoms with Crippen molar-refractivity contribution < 1.29 is 4.79 Å². The Bertz CT molecular complexity index is 428. The fourth-order valence-corrected chi connectivity index (χ4v) is 2.41. The molecule has 0 radical (unpaired) electrons. The fraction of sp³-hybridized carbons (Fsp3) is 0.462. The molecule has 1 fully saturated rings. The molecule has 1 heterocycles. The first-order chi connectivity index (χ1) is 8.66. The highest BCUT2D eigenvalue weighted by Crippen LogP contribution is 2.23. The number of anilines is 1. The normalized spacial score (nSPS) is 20.2. The van der Waals surface area contributed by atoms with E-state index in [1.165, 1.54) is 0 Å². The molecule has 1 atom stereocenters. The molecule has 0 spiro atoms. The summed E-state index contributed by atoms with van der Waals surface area (Å²) in [6.45, 7) is 2.04. The molecule has 0 aromatic heterocycles. The third-order valence-electron chi connectivity index (χ3n) is 3.18. The first-order valence-electron chi connectivity index (χ1n) is 6.23. The van der Waals surface area contributed by atoms with Crippen molar-refractivity contribution in [2.45, 2.75) is 25.3 Å². The molecule has 1 aromatic rings. The number of nitrogens with one attached hydrogen (secondary N) is 2. The second-order valence-electron chi connectivity index (χ2n) is 4.58. The quantitative estimate of drug-likeness (QED) is 0.785. The van der Waals surface area contributed by atoms with E-state index in [1.54, 1.807) is 18.2 Å². The third kappa shape index (κ3) is 3.37. The van der Waals surface area contributed by atoms with Crippen molar-refractivity contribution in [1.82, 2.24) is 5.32 Å². The Labute approximate surface area is 112 Å². The van der Waals surface area contributed by atoms with E-state index in [1.807, 2.05) is 0 Å². The summed E-state index contributed by atoms with van der Waals surface area (Å²) in [5.41, 5.74) is 6.60. The second kappa shape index (κ2) is 6.07. The van der Waals surface area contributed by atoms with Gasteiger partial charge in [0.05, 0.1) is 5.56 Å². The van der Waals surface area contributed by atoms with Gasteiger partial charge in [-0.2, -0.15) is 0 Å². The van der Waals surface area contributed by atoms with Crippen LogP contribution < -0.4 is 16.4 Å². The van der Waals surface area contributed by atoms with E-state index >= 15 is 0 Å². The summed E-state index contributed by atoms with van der Waals surface area (Å²) < 4.78 is 0. The van der Waals surface area contributed by atoms with Crippen LogP contribution in [0.5, 0.6) is 0 Å². The minimum atomic E-state index is -0.430. The van der Waals surface area contributed by atoms with E-state index in [0.29, 0.717) is 16.6 Å². The van der Waals surface area contributed by atoms with Crippen LogP contribution in [0, 0.1) is 0 Å². The number of carbonyl (C=O) groups excluding carboxylic acids is 1. The molecule has 0 bridgehead atoms. The molecular formula is C13H18ClN3O. The fourth-order valence-electron chi connectivity index (χ4n) is 2.23. The predicted molar refractivity (Wildman–Crippen MR) is 74.1 cm³/mol. The number of benzene rings is 1. The minimum absolute atomic E-state index is 0.358. The highest BCUT2D eigenvalue weighted by Gasteiger charge is 2.15. The van der Waals surface area contributed by atoms with Gasteiger partial charge < -0.3 is 16.4 Å². The standard InChI is InChI=1S/C13H18ClN3O/c14-9-3-4-11(13(15)18)12(8-9)17-10-2-1-6-16-7-5-10/h3-4,8,10,16-17H,1-2,5-7H2,(H2,15,18). The van der Waals surface area contributed by atoms with Gasteiger partial charge in [-0.05, 0) is 50.6 Å². The Morgan fingerprint density at radius 2 is 2.22 bits per heavy atom. The lowest BCUT2D eigenvalue weighted by Gasteiger charge is -2.19. The predicted octanol–water partition coefficient (Wildman–Crippen LogP) is 1.99.